The van der Waals surface area contributed by atoms with E-state index in [1.54, 1.807) is 0 Å². The zero-order valence-electron chi connectivity index (χ0n) is 9.62. The minimum Gasteiger partial charge on any atom is -0.481 e. The Bertz CT molecular complexity index is 518. The summed E-state index contributed by atoms with van der Waals surface area (Å²) in [4.78, 5) is 22.2. The summed E-state index contributed by atoms with van der Waals surface area (Å²) in [6.45, 7) is 0. The standard InChI is InChI=1S/C12H10F3NO3/c13-6-3-8(14)10(9(15)4-6)11(17)16-7-1-5(2-7)12(18)19/h3-5,7H,1-2H2,(H,16,17)(H,18,19). The molecule has 1 fully saturated rings. The van der Waals surface area contributed by atoms with E-state index in [1.165, 1.54) is 0 Å². The third kappa shape index (κ3) is 2.69. The molecule has 1 aliphatic carbocycles. The van der Waals surface area contributed by atoms with Crippen molar-refractivity contribution in [3.8, 4) is 0 Å². The predicted molar refractivity (Wildman–Crippen MR) is 57.9 cm³/mol. The molecule has 7 heteroatoms. The first-order chi connectivity index (χ1) is 8.88. The van der Waals surface area contributed by atoms with Gasteiger partial charge in [-0.1, -0.05) is 0 Å². The minimum atomic E-state index is -1.29. The number of nitrogens with one attached hydrogen (secondary N) is 1. The molecule has 0 heterocycles. The normalized spacial score (nSPS) is 21.6. The topological polar surface area (TPSA) is 66.4 Å². The van der Waals surface area contributed by atoms with E-state index in [0.717, 1.165) is 0 Å². The lowest BCUT2D eigenvalue weighted by molar-refractivity contribution is -0.145. The summed E-state index contributed by atoms with van der Waals surface area (Å²) < 4.78 is 39.3. The van der Waals surface area contributed by atoms with Crippen LogP contribution in [-0.4, -0.2) is 23.0 Å². The molecule has 19 heavy (non-hydrogen) atoms. The van der Waals surface area contributed by atoms with Gasteiger partial charge in [-0.2, -0.15) is 0 Å². The van der Waals surface area contributed by atoms with Gasteiger partial charge < -0.3 is 10.4 Å². The fourth-order valence-electron chi connectivity index (χ4n) is 1.95. The Kier molecular flexibility index (Phi) is 3.46. The maximum Gasteiger partial charge on any atom is 0.306 e. The summed E-state index contributed by atoms with van der Waals surface area (Å²) in [6, 6.07) is 0.398. The smallest absolute Gasteiger partial charge is 0.306 e. The third-order valence-electron chi connectivity index (χ3n) is 3.06. The number of halogens is 3. The van der Waals surface area contributed by atoms with Crippen molar-refractivity contribution in [3.05, 3.63) is 35.1 Å². The Hall–Kier alpha value is -2.05. The van der Waals surface area contributed by atoms with Gasteiger partial charge >= 0.3 is 5.97 Å². The molecule has 0 unspecified atom stereocenters. The number of carbonyl (C=O) groups is 2. The lowest BCUT2D eigenvalue weighted by atomic mass is 9.80. The number of benzene rings is 1. The van der Waals surface area contributed by atoms with E-state index in [9.17, 15) is 22.8 Å². The molecule has 0 aliphatic heterocycles. The van der Waals surface area contributed by atoms with Crippen LogP contribution in [0.1, 0.15) is 23.2 Å². The number of amides is 1. The number of rotatable bonds is 3. The molecule has 1 aliphatic rings. The van der Waals surface area contributed by atoms with Crippen molar-refractivity contribution in [2.24, 2.45) is 5.92 Å². The molecule has 2 rings (SSSR count). The van der Waals surface area contributed by atoms with Crippen LogP contribution < -0.4 is 5.32 Å². The highest BCUT2D eigenvalue weighted by Crippen LogP contribution is 2.28. The number of aliphatic carboxylic acids is 1. The fourth-order valence-corrected chi connectivity index (χ4v) is 1.95. The maximum absolute atomic E-state index is 13.3. The molecule has 0 spiro atoms. The van der Waals surface area contributed by atoms with Gasteiger partial charge in [-0.25, -0.2) is 13.2 Å². The third-order valence-corrected chi connectivity index (χ3v) is 3.06. The van der Waals surface area contributed by atoms with Crippen LogP contribution in [0.3, 0.4) is 0 Å². The number of carboxylic acids is 1. The van der Waals surface area contributed by atoms with Gasteiger partial charge in [-0.3, -0.25) is 9.59 Å². The van der Waals surface area contributed by atoms with Crippen molar-refractivity contribution in [1.29, 1.82) is 0 Å². The highest BCUT2D eigenvalue weighted by molar-refractivity contribution is 5.95. The van der Waals surface area contributed by atoms with Gasteiger partial charge in [0.15, 0.2) is 0 Å². The summed E-state index contributed by atoms with van der Waals surface area (Å²) in [5.74, 6) is -6.21. The summed E-state index contributed by atoms with van der Waals surface area (Å²) >= 11 is 0. The van der Waals surface area contributed by atoms with Gasteiger partial charge in [0.05, 0.1) is 5.92 Å². The van der Waals surface area contributed by atoms with Gasteiger partial charge in [-0.15, -0.1) is 0 Å². The lowest BCUT2D eigenvalue weighted by Crippen LogP contribution is -2.47. The number of carbonyl (C=O) groups excluding carboxylic acids is 1. The summed E-state index contributed by atoms with van der Waals surface area (Å²) in [5, 5.41) is 11.0. The van der Waals surface area contributed by atoms with Gasteiger partial charge in [0.25, 0.3) is 5.91 Å². The molecule has 0 bridgehead atoms. The zero-order valence-corrected chi connectivity index (χ0v) is 9.62. The van der Waals surface area contributed by atoms with E-state index in [4.69, 9.17) is 5.11 Å². The zero-order chi connectivity index (χ0) is 14.2. The van der Waals surface area contributed by atoms with Gasteiger partial charge in [0.1, 0.15) is 23.0 Å². The summed E-state index contributed by atoms with van der Waals surface area (Å²) in [7, 11) is 0. The molecular formula is C12H10F3NO3. The number of hydrogen-bond acceptors (Lipinski definition) is 2. The highest BCUT2D eigenvalue weighted by atomic mass is 19.1. The largest absolute Gasteiger partial charge is 0.481 e. The van der Waals surface area contributed by atoms with Crippen LogP contribution >= 0.6 is 0 Å². The minimum absolute atomic E-state index is 0.214. The van der Waals surface area contributed by atoms with Crippen LogP contribution in [0.15, 0.2) is 12.1 Å². The van der Waals surface area contributed by atoms with Crippen LogP contribution in [0, 0.1) is 23.4 Å². The van der Waals surface area contributed by atoms with Crippen molar-refractivity contribution in [2.45, 2.75) is 18.9 Å². The number of hydrogen-bond donors (Lipinski definition) is 2. The molecule has 102 valence electrons. The Morgan fingerprint density at radius 2 is 1.68 bits per heavy atom. The van der Waals surface area contributed by atoms with Crippen LogP contribution in [0.2, 0.25) is 0 Å². The second kappa shape index (κ2) is 4.91. The molecule has 0 atom stereocenters. The van der Waals surface area contributed by atoms with E-state index in [0.29, 0.717) is 12.1 Å². The molecule has 0 saturated heterocycles. The van der Waals surface area contributed by atoms with Crippen LogP contribution in [0.4, 0.5) is 13.2 Å². The van der Waals surface area contributed by atoms with Crippen LogP contribution in [-0.2, 0) is 4.79 Å². The monoisotopic (exact) mass is 273 g/mol. The van der Waals surface area contributed by atoms with Crippen LogP contribution in [0.5, 0.6) is 0 Å². The Balaban J connectivity index is 2.04. The molecular weight excluding hydrogens is 263 g/mol. The molecule has 2 N–H and O–H groups in total. The van der Waals surface area contributed by atoms with E-state index < -0.39 is 46.9 Å². The van der Waals surface area contributed by atoms with E-state index in [1.807, 2.05) is 0 Å². The quantitative estimate of drug-likeness (QED) is 0.880. The Morgan fingerprint density at radius 1 is 1.16 bits per heavy atom. The van der Waals surface area contributed by atoms with Crippen molar-refractivity contribution >= 4 is 11.9 Å². The molecule has 4 nitrogen and oxygen atoms in total. The SMILES string of the molecule is O=C(NC1CC(C(=O)O)C1)c1c(F)cc(F)cc1F. The van der Waals surface area contributed by atoms with Crippen molar-refractivity contribution in [2.75, 3.05) is 0 Å². The first-order valence-electron chi connectivity index (χ1n) is 5.56. The predicted octanol–water partition coefficient (Wildman–Crippen LogP) is 1.70. The maximum atomic E-state index is 13.3. The lowest BCUT2D eigenvalue weighted by Gasteiger charge is -2.32. The van der Waals surface area contributed by atoms with Crippen molar-refractivity contribution < 1.29 is 27.9 Å². The average molecular weight is 273 g/mol. The van der Waals surface area contributed by atoms with Gasteiger partial charge in [-0.05, 0) is 12.8 Å². The second-order valence-electron chi connectivity index (χ2n) is 4.42. The fraction of sp³-hybridized carbons (Fsp3) is 0.333. The molecule has 0 radical (unpaired) electrons. The second-order valence-corrected chi connectivity index (χ2v) is 4.42. The first-order valence-corrected chi connectivity index (χ1v) is 5.56. The molecule has 1 aromatic carbocycles. The molecule has 1 aromatic rings. The molecule has 0 aromatic heterocycles. The average Bonchev–Trinajstić information content (AvgIpc) is 2.20. The first kappa shape index (κ1) is 13.4. The van der Waals surface area contributed by atoms with Crippen LogP contribution in [0.25, 0.3) is 0 Å². The van der Waals surface area contributed by atoms with E-state index in [2.05, 4.69) is 5.32 Å². The number of carboxylic acid groups (broad SMARTS) is 1. The Labute approximate surface area is 106 Å². The van der Waals surface area contributed by atoms with E-state index in [-0.39, 0.29) is 12.8 Å². The highest BCUT2D eigenvalue weighted by Gasteiger charge is 2.36. The summed E-state index contributed by atoms with van der Waals surface area (Å²) in [6.07, 6.45) is 0.428. The molecule has 1 saturated carbocycles. The van der Waals surface area contributed by atoms with Gasteiger partial charge in [0.2, 0.25) is 0 Å². The van der Waals surface area contributed by atoms with Crippen molar-refractivity contribution in [3.63, 3.8) is 0 Å². The van der Waals surface area contributed by atoms with E-state index >= 15 is 0 Å². The van der Waals surface area contributed by atoms with Crippen molar-refractivity contribution in [1.82, 2.24) is 5.32 Å². The Morgan fingerprint density at radius 3 is 2.16 bits per heavy atom. The summed E-state index contributed by atoms with van der Waals surface area (Å²) in [5.41, 5.74) is -0.861. The molecule has 1 amide bonds. The van der Waals surface area contributed by atoms with Gasteiger partial charge in [0, 0.05) is 18.2 Å².